The summed E-state index contributed by atoms with van der Waals surface area (Å²) in [5.41, 5.74) is 2.20. The number of thiophene rings is 1. The number of rotatable bonds is 3. The molecule has 24 heavy (non-hydrogen) atoms. The fourth-order valence-corrected chi connectivity index (χ4v) is 4.31. The number of aryl methyl sites for hydroxylation is 1. The third-order valence-electron chi connectivity index (χ3n) is 4.87. The second-order valence-electron chi connectivity index (χ2n) is 6.45. The number of carbonyl (C=O) groups excluding carboxylic acids is 1. The molecule has 1 aliphatic heterocycles. The van der Waals surface area contributed by atoms with Crippen molar-refractivity contribution in [2.75, 3.05) is 13.1 Å². The van der Waals surface area contributed by atoms with Crippen molar-refractivity contribution in [2.45, 2.75) is 25.2 Å². The number of aromatic nitrogens is 2. The van der Waals surface area contributed by atoms with Gasteiger partial charge in [0.05, 0.1) is 17.5 Å². The zero-order valence-electron chi connectivity index (χ0n) is 13.8. The van der Waals surface area contributed by atoms with E-state index in [0.29, 0.717) is 12.3 Å². The molecule has 5 heteroatoms. The van der Waals surface area contributed by atoms with Crippen molar-refractivity contribution < 1.29 is 4.79 Å². The van der Waals surface area contributed by atoms with E-state index in [9.17, 15) is 4.79 Å². The van der Waals surface area contributed by atoms with E-state index in [1.807, 2.05) is 34.5 Å². The minimum atomic E-state index is 0.237. The van der Waals surface area contributed by atoms with E-state index in [1.165, 1.54) is 0 Å². The van der Waals surface area contributed by atoms with Crippen LogP contribution in [0.15, 0.2) is 41.8 Å². The number of fused-ring (bicyclic) bond motifs is 1. The summed E-state index contributed by atoms with van der Waals surface area (Å²) in [6.45, 7) is 1.64. The molecule has 1 atom stereocenters. The van der Waals surface area contributed by atoms with Crippen LogP contribution in [0.4, 0.5) is 0 Å². The van der Waals surface area contributed by atoms with Crippen LogP contribution in [0.1, 0.15) is 29.5 Å². The van der Waals surface area contributed by atoms with Gasteiger partial charge in [0.1, 0.15) is 5.82 Å². The first-order chi connectivity index (χ1) is 11.7. The Bertz CT molecular complexity index is 853. The topological polar surface area (TPSA) is 38.1 Å². The van der Waals surface area contributed by atoms with Crippen molar-refractivity contribution in [1.29, 1.82) is 0 Å². The van der Waals surface area contributed by atoms with Gasteiger partial charge in [0.25, 0.3) is 0 Å². The molecule has 1 unspecified atom stereocenters. The standard InChI is InChI=1S/C19H21N3OS/c1-21-17-9-3-2-8-16(17)20-19(21)14-6-4-10-22(13-14)18(23)12-15-7-5-11-24-15/h2-3,5,7-9,11,14H,4,6,10,12-13H2,1H3. The Labute approximate surface area is 145 Å². The van der Waals surface area contributed by atoms with E-state index in [4.69, 9.17) is 4.98 Å². The summed E-state index contributed by atoms with van der Waals surface area (Å²) in [6, 6.07) is 12.3. The van der Waals surface area contributed by atoms with E-state index < -0.39 is 0 Å². The van der Waals surface area contributed by atoms with Crippen LogP contribution in [-0.2, 0) is 18.3 Å². The fourth-order valence-electron chi connectivity index (χ4n) is 3.62. The summed E-state index contributed by atoms with van der Waals surface area (Å²) < 4.78 is 2.19. The van der Waals surface area contributed by atoms with Gasteiger partial charge in [-0.25, -0.2) is 4.98 Å². The van der Waals surface area contributed by atoms with Gasteiger partial charge >= 0.3 is 0 Å². The van der Waals surface area contributed by atoms with Gasteiger partial charge in [0, 0.05) is 30.9 Å². The van der Waals surface area contributed by atoms with Crippen LogP contribution < -0.4 is 0 Å². The first-order valence-electron chi connectivity index (χ1n) is 8.44. The lowest BCUT2D eigenvalue weighted by Crippen LogP contribution is -2.40. The van der Waals surface area contributed by atoms with Crippen molar-refractivity contribution >= 4 is 28.3 Å². The summed E-state index contributed by atoms with van der Waals surface area (Å²) in [5, 5.41) is 2.03. The van der Waals surface area contributed by atoms with Crippen LogP contribution in [-0.4, -0.2) is 33.4 Å². The number of nitrogens with zero attached hydrogens (tertiary/aromatic N) is 3. The number of hydrogen-bond donors (Lipinski definition) is 0. The first kappa shape index (κ1) is 15.4. The first-order valence-corrected chi connectivity index (χ1v) is 9.32. The third kappa shape index (κ3) is 2.84. The molecule has 0 aliphatic carbocycles. The Balaban J connectivity index is 1.53. The van der Waals surface area contributed by atoms with Gasteiger partial charge < -0.3 is 9.47 Å². The Kier molecular flexibility index (Phi) is 4.10. The van der Waals surface area contributed by atoms with Crippen molar-refractivity contribution in [3.05, 3.63) is 52.5 Å². The van der Waals surface area contributed by atoms with Gasteiger partial charge in [0.15, 0.2) is 0 Å². The zero-order chi connectivity index (χ0) is 16.5. The highest BCUT2D eigenvalue weighted by molar-refractivity contribution is 7.10. The van der Waals surface area contributed by atoms with Crippen molar-refractivity contribution in [3.63, 3.8) is 0 Å². The summed E-state index contributed by atoms with van der Waals surface area (Å²) >= 11 is 1.65. The molecule has 124 valence electrons. The number of piperidine rings is 1. The molecule has 2 aromatic heterocycles. The minimum absolute atomic E-state index is 0.237. The lowest BCUT2D eigenvalue weighted by Gasteiger charge is -2.32. The molecular weight excluding hydrogens is 318 g/mol. The maximum atomic E-state index is 12.6. The molecule has 3 aromatic rings. The van der Waals surface area contributed by atoms with E-state index in [-0.39, 0.29) is 5.91 Å². The summed E-state index contributed by atoms with van der Waals surface area (Å²) in [5.74, 6) is 1.66. The van der Waals surface area contributed by atoms with Crippen LogP contribution in [0, 0.1) is 0 Å². The van der Waals surface area contributed by atoms with Crippen molar-refractivity contribution in [2.24, 2.45) is 7.05 Å². The molecule has 0 radical (unpaired) electrons. The number of benzene rings is 1. The number of carbonyl (C=O) groups is 1. The normalized spacial score (nSPS) is 18.2. The highest BCUT2D eigenvalue weighted by Gasteiger charge is 2.28. The van der Waals surface area contributed by atoms with Crippen LogP contribution in [0.25, 0.3) is 11.0 Å². The Morgan fingerprint density at radius 2 is 2.17 bits per heavy atom. The molecule has 0 saturated carbocycles. The van der Waals surface area contributed by atoms with Crippen molar-refractivity contribution in [3.8, 4) is 0 Å². The van der Waals surface area contributed by atoms with Crippen LogP contribution in [0.5, 0.6) is 0 Å². The van der Waals surface area contributed by atoms with Gasteiger partial charge in [-0.05, 0) is 36.4 Å². The summed E-state index contributed by atoms with van der Waals surface area (Å²) in [6.07, 6.45) is 2.66. The number of amides is 1. The Hall–Kier alpha value is -2.14. The molecule has 4 nitrogen and oxygen atoms in total. The second-order valence-corrected chi connectivity index (χ2v) is 7.49. The van der Waals surface area contributed by atoms with Crippen LogP contribution in [0.3, 0.4) is 0 Å². The molecule has 1 amide bonds. The van der Waals surface area contributed by atoms with Gasteiger partial charge in [-0.3, -0.25) is 4.79 Å². The Morgan fingerprint density at radius 1 is 1.29 bits per heavy atom. The third-order valence-corrected chi connectivity index (χ3v) is 5.74. The minimum Gasteiger partial charge on any atom is -0.342 e. The zero-order valence-corrected chi connectivity index (χ0v) is 14.6. The Morgan fingerprint density at radius 3 is 2.96 bits per heavy atom. The fraction of sp³-hybridized carbons (Fsp3) is 0.368. The summed E-state index contributed by atoms with van der Waals surface area (Å²) in [4.78, 5) is 20.6. The smallest absolute Gasteiger partial charge is 0.227 e. The average molecular weight is 339 g/mol. The van der Waals surface area contributed by atoms with E-state index in [2.05, 4.69) is 23.7 Å². The largest absolute Gasteiger partial charge is 0.342 e. The van der Waals surface area contributed by atoms with Gasteiger partial charge in [0.2, 0.25) is 5.91 Å². The average Bonchev–Trinajstić information content (AvgIpc) is 3.23. The molecule has 0 N–H and O–H groups in total. The maximum Gasteiger partial charge on any atom is 0.227 e. The maximum absolute atomic E-state index is 12.6. The highest BCUT2D eigenvalue weighted by atomic mass is 32.1. The van der Waals surface area contributed by atoms with Crippen LogP contribution >= 0.6 is 11.3 Å². The molecule has 0 spiro atoms. The molecule has 1 aromatic carbocycles. The number of imidazole rings is 1. The molecule has 1 aliphatic rings. The lowest BCUT2D eigenvalue weighted by atomic mass is 9.97. The number of hydrogen-bond acceptors (Lipinski definition) is 3. The predicted molar refractivity (Wildman–Crippen MR) is 97.3 cm³/mol. The van der Waals surface area contributed by atoms with E-state index in [1.54, 1.807) is 11.3 Å². The molecule has 3 heterocycles. The number of likely N-dealkylation sites (tertiary alicyclic amines) is 1. The molecule has 0 bridgehead atoms. The second kappa shape index (κ2) is 6.40. The molecule has 1 saturated heterocycles. The van der Waals surface area contributed by atoms with E-state index >= 15 is 0 Å². The van der Waals surface area contributed by atoms with E-state index in [0.717, 1.165) is 47.7 Å². The highest BCUT2D eigenvalue weighted by Crippen LogP contribution is 2.29. The molecular formula is C19H21N3OS. The number of para-hydroxylation sites is 2. The SMILES string of the molecule is Cn1c(C2CCCN(C(=O)Cc3cccs3)C2)nc2ccccc21. The molecule has 4 rings (SSSR count). The van der Waals surface area contributed by atoms with Gasteiger partial charge in [-0.1, -0.05) is 18.2 Å². The van der Waals surface area contributed by atoms with Crippen molar-refractivity contribution in [1.82, 2.24) is 14.5 Å². The quantitative estimate of drug-likeness (QED) is 0.731. The predicted octanol–water partition coefficient (Wildman–Crippen LogP) is 3.58. The van der Waals surface area contributed by atoms with Crippen LogP contribution in [0.2, 0.25) is 0 Å². The molecule has 1 fully saturated rings. The lowest BCUT2D eigenvalue weighted by molar-refractivity contribution is -0.131. The summed E-state index contributed by atoms with van der Waals surface area (Å²) in [7, 11) is 2.08. The van der Waals surface area contributed by atoms with Gasteiger partial charge in [-0.2, -0.15) is 0 Å². The monoisotopic (exact) mass is 339 g/mol. The van der Waals surface area contributed by atoms with Gasteiger partial charge in [-0.15, -0.1) is 11.3 Å².